The number of carbonyl (C=O) groups excluding carboxylic acids is 1. The molecule has 2 N–H and O–H groups in total. The molecule has 1 amide bonds. The molecule has 0 radical (unpaired) electrons. The number of nitrogens with one attached hydrogen (secondary N) is 2. The minimum Gasteiger partial charge on any atom is -0.350 e. The maximum absolute atomic E-state index is 11.5. The van der Waals surface area contributed by atoms with Gasteiger partial charge in [-0.2, -0.15) is 0 Å². The first-order valence-electron chi connectivity index (χ1n) is 4.98. The highest BCUT2D eigenvalue weighted by Crippen LogP contribution is 2.21. The Bertz CT molecular complexity index is 314. The zero-order valence-corrected chi connectivity index (χ0v) is 11.1. The molecule has 1 heterocycles. The Labute approximate surface area is 102 Å². The van der Waals surface area contributed by atoms with Crippen molar-refractivity contribution in [2.45, 2.75) is 13.3 Å². The quantitative estimate of drug-likeness (QED) is 0.789. The van der Waals surface area contributed by atoms with E-state index in [2.05, 4.69) is 33.5 Å². The SMILES string of the molecule is CCCNCCNC(=O)c1ccc(Br)s1. The van der Waals surface area contributed by atoms with Crippen molar-refractivity contribution in [2.75, 3.05) is 19.6 Å². The van der Waals surface area contributed by atoms with E-state index in [0.717, 1.165) is 28.2 Å². The summed E-state index contributed by atoms with van der Waals surface area (Å²) in [6.45, 7) is 4.62. The van der Waals surface area contributed by atoms with Gasteiger partial charge >= 0.3 is 0 Å². The van der Waals surface area contributed by atoms with Gasteiger partial charge in [0, 0.05) is 13.1 Å². The summed E-state index contributed by atoms with van der Waals surface area (Å²) in [6.07, 6.45) is 1.12. The fourth-order valence-corrected chi connectivity index (χ4v) is 2.39. The first-order chi connectivity index (χ1) is 7.24. The topological polar surface area (TPSA) is 41.1 Å². The smallest absolute Gasteiger partial charge is 0.261 e. The van der Waals surface area contributed by atoms with Gasteiger partial charge in [-0.15, -0.1) is 11.3 Å². The monoisotopic (exact) mass is 290 g/mol. The molecule has 0 aliphatic carbocycles. The van der Waals surface area contributed by atoms with Gasteiger partial charge in [0.2, 0.25) is 0 Å². The van der Waals surface area contributed by atoms with Crippen LogP contribution in [0.15, 0.2) is 15.9 Å². The number of thiophene rings is 1. The molecule has 0 fully saturated rings. The Morgan fingerprint density at radius 3 is 2.80 bits per heavy atom. The van der Waals surface area contributed by atoms with Gasteiger partial charge < -0.3 is 10.6 Å². The van der Waals surface area contributed by atoms with Crippen molar-refractivity contribution in [3.05, 3.63) is 20.8 Å². The minimum absolute atomic E-state index is 0.00370. The first kappa shape index (κ1) is 12.7. The highest BCUT2D eigenvalue weighted by molar-refractivity contribution is 9.11. The summed E-state index contributed by atoms with van der Waals surface area (Å²) in [5, 5.41) is 6.09. The highest BCUT2D eigenvalue weighted by atomic mass is 79.9. The van der Waals surface area contributed by atoms with E-state index in [0.29, 0.717) is 6.54 Å². The lowest BCUT2D eigenvalue weighted by Gasteiger charge is -2.04. The minimum atomic E-state index is 0.00370. The second-order valence-corrected chi connectivity index (χ2v) is 5.57. The third kappa shape index (κ3) is 4.77. The van der Waals surface area contributed by atoms with Crippen molar-refractivity contribution in [3.8, 4) is 0 Å². The van der Waals surface area contributed by atoms with Crippen molar-refractivity contribution in [1.29, 1.82) is 0 Å². The number of rotatable bonds is 6. The zero-order chi connectivity index (χ0) is 11.1. The number of hydrogen-bond donors (Lipinski definition) is 2. The number of hydrogen-bond acceptors (Lipinski definition) is 3. The molecule has 1 rings (SSSR count). The number of amides is 1. The van der Waals surface area contributed by atoms with Crippen LogP contribution in [0, 0.1) is 0 Å². The molecule has 0 saturated heterocycles. The van der Waals surface area contributed by atoms with Gasteiger partial charge in [0.1, 0.15) is 0 Å². The molecule has 0 atom stereocenters. The van der Waals surface area contributed by atoms with E-state index in [-0.39, 0.29) is 5.91 Å². The second-order valence-electron chi connectivity index (χ2n) is 3.11. The van der Waals surface area contributed by atoms with E-state index in [4.69, 9.17) is 0 Å². The Hall–Kier alpha value is -0.390. The molecule has 0 aliphatic rings. The molecule has 15 heavy (non-hydrogen) atoms. The molecule has 0 bridgehead atoms. The molecular weight excluding hydrogens is 276 g/mol. The lowest BCUT2D eigenvalue weighted by molar-refractivity contribution is 0.0958. The molecule has 84 valence electrons. The Morgan fingerprint density at radius 2 is 2.20 bits per heavy atom. The normalized spacial score (nSPS) is 10.3. The first-order valence-corrected chi connectivity index (χ1v) is 6.59. The molecule has 0 saturated carbocycles. The van der Waals surface area contributed by atoms with Crippen molar-refractivity contribution in [2.24, 2.45) is 0 Å². The summed E-state index contributed by atoms with van der Waals surface area (Å²) in [7, 11) is 0. The third-order valence-corrected chi connectivity index (χ3v) is 3.43. The van der Waals surface area contributed by atoms with E-state index in [9.17, 15) is 4.79 Å². The molecule has 1 aromatic rings. The number of halogens is 1. The van der Waals surface area contributed by atoms with Crippen LogP contribution in [0.4, 0.5) is 0 Å². The fraction of sp³-hybridized carbons (Fsp3) is 0.500. The standard InChI is InChI=1S/C10H15BrN2OS/c1-2-5-12-6-7-13-10(14)8-3-4-9(11)15-8/h3-4,12H,2,5-7H2,1H3,(H,13,14). The summed E-state index contributed by atoms with van der Waals surface area (Å²) in [5.41, 5.74) is 0. The molecular formula is C10H15BrN2OS. The van der Waals surface area contributed by atoms with Crippen molar-refractivity contribution < 1.29 is 4.79 Å². The molecule has 5 heteroatoms. The van der Waals surface area contributed by atoms with Crippen LogP contribution in [0.2, 0.25) is 0 Å². The fourth-order valence-electron chi connectivity index (χ4n) is 1.09. The van der Waals surface area contributed by atoms with Gasteiger partial charge in [-0.3, -0.25) is 4.79 Å². The maximum Gasteiger partial charge on any atom is 0.261 e. The molecule has 3 nitrogen and oxygen atoms in total. The Kier molecular flexibility index (Phi) is 5.90. The van der Waals surface area contributed by atoms with E-state index in [1.54, 1.807) is 0 Å². The van der Waals surface area contributed by atoms with E-state index < -0.39 is 0 Å². The van der Waals surface area contributed by atoms with Crippen LogP contribution in [0.5, 0.6) is 0 Å². The predicted molar refractivity (Wildman–Crippen MR) is 67.5 cm³/mol. The van der Waals surface area contributed by atoms with Crippen LogP contribution < -0.4 is 10.6 Å². The van der Waals surface area contributed by atoms with Crippen molar-refractivity contribution in [1.82, 2.24) is 10.6 Å². The second kappa shape index (κ2) is 6.98. The average Bonchev–Trinajstić information content (AvgIpc) is 2.64. The zero-order valence-electron chi connectivity index (χ0n) is 8.68. The van der Waals surface area contributed by atoms with Crippen LogP contribution in [-0.2, 0) is 0 Å². The Balaban J connectivity index is 2.19. The lowest BCUT2D eigenvalue weighted by Crippen LogP contribution is -2.31. The Morgan fingerprint density at radius 1 is 1.40 bits per heavy atom. The van der Waals surface area contributed by atoms with Crippen LogP contribution >= 0.6 is 27.3 Å². The van der Waals surface area contributed by atoms with Gasteiger partial charge in [0.25, 0.3) is 5.91 Å². The molecule has 0 unspecified atom stereocenters. The highest BCUT2D eigenvalue weighted by Gasteiger charge is 2.06. The van der Waals surface area contributed by atoms with Crippen LogP contribution in [0.25, 0.3) is 0 Å². The third-order valence-electron chi connectivity index (χ3n) is 1.81. The summed E-state index contributed by atoms with van der Waals surface area (Å²) in [6, 6.07) is 3.71. The van der Waals surface area contributed by atoms with E-state index >= 15 is 0 Å². The largest absolute Gasteiger partial charge is 0.350 e. The van der Waals surface area contributed by atoms with Crippen molar-refractivity contribution in [3.63, 3.8) is 0 Å². The lowest BCUT2D eigenvalue weighted by atomic mass is 10.4. The summed E-state index contributed by atoms with van der Waals surface area (Å²) in [4.78, 5) is 12.3. The molecule has 0 aliphatic heterocycles. The van der Waals surface area contributed by atoms with Gasteiger partial charge in [-0.25, -0.2) is 0 Å². The van der Waals surface area contributed by atoms with Crippen LogP contribution in [0.3, 0.4) is 0 Å². The molecule has 0 spiro atoms. The summed E-state index contributed by atoms with van der Waals surface area (Å²) < 4.78 is 0.983. The van der Waals surface area contributed by atoms with Gasteiger partial charge in [-0.05, 0) is 41.0 Å². The molecule has 1 aromatic heterocycles. The van der Waals surface area contributed by atoms with Gasteiger partial charge in [-0.1, -0.05) is 6.92 Å². The molecule has 0 aromatic carbocycles. The van der Waals surface area contributed by atoms with Crippen molar-refractivity contribution >= 4 is 33.2 Å². The van der Waals surface area contributed by atoms with Crippen LogP contribution in [0.1, 0.15) is 23.0 Å². The predicted octanol–water partition coefficient (Wildman–Crippen LogP) is 2.24. The maximum atomic E-state index is 11.5. The average molecular weight is 291 g/mol. The van der Waals surface area contributed by atoms with Crippen LogP contribution in [-0.4, -0.2) is 25.5 Å². The number of carbonyl (C=O) groups is 1. The van der Waals surface area contributed by atoms with Gasteiger partial charge in [0.15, 0.2) is 0 Å². The summed E-state index contributed by atoms with van der Waals surface area (Å²) in [5.74, 6) is 0.00370. The van der Waals surface area contributed by atoms with E-state index in [1.165, 1.54) is 11.3 Å². The van der Waals surface area contributed by atoms with Gasteiger partial charge in [0.05, 0.1) is 8.66 Å². The summed E-state index contributed by atoms with van der Waals surface area (Å²) >= 11 is 4.78. The van der Waals surface area contributed by atoms with E-state index in [1.807, 2.05) is 12.1 Å².